The number of imide groups is 1. The number of nitrogens with one attached hydrogen (secondary N) is 3. The Labute approximate surface area is 113 Å². The van der Waals surface area contributed by atoms with Crippen LogP contribution in [-0.4, -0.2) is 31.6 Å². The lowest BCUT2D eigenvalue weighted by molar-refractivity contribution is -0.121. The lowest BCUT2D eigenvalue weighted by atomic mass is 10.1. The molecule has 0 aliphatic carbocycles. The number of carbonyl (C=O) groups is 2. The molecule has 3 amide bonds. The van der Waals surface area contributed by atoms with E-state index in [-0.39, 0.29) is 5.91 Å². The highest BCUT2D eigenvalue weighted by atomic mass is 16.2. The predicted molar refractivity (Wildman–Crippen MR) is 74.9 cm³/mol. The van der Waals surface area contributed by atoms with Crippen molar-refractivity contribution in [3.8, 4) is 0 Å². The van der Waals surface area contributed by atoms with Gasteiger partial charge in [-0.25, -0.2) is 4.79 Å². The first-order valence-electron chi connectivity index (χ1n) is 6.35. The average Bonchev–Trinajstić information content (AvgIpc) is 2.40. The van der Waals surface area contributed by atoms with Crippen molar-refractivity contribution < 1.29 is 9.59 Å². The summed E-state index contributed by atoms with van der Waals surface area (Å²) in [4.78, 5) is 22.6. The third kappa shape index (κ3) is 5.09. The maximum absolute atomic E-state index is 11.6. The minimum atomic E-state index is -0.488. The van der Waals surface area contributed by atoms with Crippen molar-refractivity contribution in [3.63, 3.8) is 0 Å². The molecule has 1 rings (SSSR count). The molecule has 1 aromatic rings. The fourth-order valence-corrected chi connectivity index (χ4v) is 1.69. The molecule has 1 atom stereocenters. The van der Waals surface area contributed by atoms with Gasteiger partial charge in [-0.05, 0) is 37.9 Å². The van der Waals surface area contributed by atoms with Gasteiger partial charge in [0.1, 0.15) is 0 Å². The van der Waals surface area contributed by atoms with Gasteiger partial charge in [0.2, 0.25) is 5.91 Å². The first kappa shape index (κ1) is 15.2. The molecule has 5 heteroatoms. The van der Waals surface area contributed by atoms with Crippen LogP contribution in [0.1, 0.15) is 18.1 Å². The van der Waals surface area contributed by atoms with E-state index in [0.717, 1.165) is 6.42 Å². The third-order valence-electron chi connectivity index (χ3n) is 2.96. The largest absolute Gasteiger partial charge is 0.341 e. The highest BCUT2D eigenvalue weighted by Gasteiger charge is 2.14. The summed E-state index contributed by atoms with van der Waals surface area (Å²) in [7, 11) is 1.47. The summed E-state index contributed by atoms with van der Waals surface area (Å²) in [6.45, 7) is 4.49. The minimum absolute atomic E-state index is 0.330. The van der Waals surface area contributed by atoms with Gasteiger partial charge in [0.05, 0.1) is 6.04 Å². The molecule has 3 N–H and O–H groups in total. The van der Waals surface area contributed by atoms with Gasteiger partial charge in [-0.15, -0.1) is 0 Å². The molecular weight excluding hydrogens is 242 g/mol. The summed E-state index contributed by atoms with van der Waals surface area (Å²) < 4.78 is 0. The van der Waals surface area contributed by atoms with Gasteiger partial charge in [-0.1, -0.05) is 24.3 Å². The minimum Gasteiger partial charge on any atom is -0.341 e. The Balaban J connectivity index is 2.35. The van der Waals surface area contributed by atoms with Crippen molar-refractivity contribution in [1.82, 2.24) is 16.0 Å². The van der Waals surface area contributed by atoms with Crippen molar-refractivity contribution in [1.29, 1.82) is 0 Å². The molecule has 1 unspecified atom stereocenters. The molecule has 104 valence electrons. The number of hydrogen-bond acceptors (Lipinski definition) is 3. The molecule has 1 aromatic carbocycles. The third-order valence-corrected chi connectivity index (χ3v) is 2.96. The maximum atomic E-state index is 11.6. The van der Waals surface area contributed by atoms with Gasteiger partial charge in [-0.2, -0.15) is 0 Å². The van der Waals surface area contributed by atoms with Crippen molar-refractivity contribution in [2.45, 2.75) is 26.3 Å². The first-order valence-corrected chi connectivity index (χ1v) is 6.35. The SMILES string of the molecule is CNC(=O)NC(=O)C(C)NCCc1ccccc1C. The summed E-state index contributed by atoms with van der Waals surface area (Å²) in [5.74, 6) is -0.330. The zero-order valence-electron chi connectivity index (χ0n) is 11.6. The Morgan fingerprint density at radius 2 is 1.95 bits per heavy atom. The van der Waals surface area contributed by atoms with Crippen LogP contribution in [0, 0.1) is 6.92 Å². The number of urea groups is 1. The fourth-order valence-electron chi connectivity index (χ4n) is 1.69. The molecule has 0 aliphatic rings. The van der Waals surface area contributed by atoms with Crippen molar-refractivity contribution >= 4 is 11.9 Å². The van der Waals surface area contributed by atoms with Crippen molar-refractivity contribution in [2.24, 2.45) is 0 Å². The normalized spacial score (nSPS) is 11.7. The van der Waals surface area contributed by atoms with Gasteiger partial charge in [0, 0.05) is 7.05 Å². The topological polar surface area (TPSA) is 70.2 Å². The number of rotatable bonds is 5. The fraction of sp³-hybridized carbons (Fsp3) is 0.429. The quantitative estimate of drug-likeness (QED) is 0.741. The van der Waals surface area contributed by atoms with Crippen LogP contribution >= 0.6 is 0 Å². The molecule has 5 nitrogen and oxygen atoms in total. The van der Waals surface area contributed by atoms with Crippen LogP contribution in [0.25, 0.3) is 0 Å². The maximum Gasteiger partial charge on any atom is 0.321 e. The molecular formula is C14H21N3O2. The predicted octanol–water partition coefficient (Wildman–Crippen LogP) is 0.971. The summed E-state index contributed by atoms with van der Waals surface area (Å²) in [6.07, 6.45) is 0.851. The number of amides is 3. The van der Waals surface area contributed by atoms with Crippen molar-refractivity contribution in [3.05, 3.63) is 35.4 Å². The van der Waals surface area contributed by atoms with Crippen LogP contribution in [0.3, 0.4) is 0 Å². The van der Waals surface area contributed by atoms with Gasteiger partial charge in [0.25, 0.3) is 0 Å². The van der Waals surface area contributed by atoms with E-state index in [9.17, 15) is 9.59 Å². The molecule has 0 spiro atoms. The average molecular weight is 263 g/mol. The van der Waals surface area contributed by atoms with Crippen LogP contribution in [0.4, 0.5) is 4.79 Å². The molecule has 0 saturated heterocycles. The van der Waals surface area contributed by atoms with E-state index >= 15 is 0 Å². The number of aryl methyl sites for hydroxylation is 1. The van der Waals surface area contributed by atoms with Crippen LogP contribution in [0.15, 0.2) is 24.3 Å². The molecule has 0 fully saturated rings. The Hall–Kier alpha value is -1.88. The molecule has 0 radical (unpaired) electrons. The zero-order valence-corrected chi connectivity index (χ0v) is 11.6. The molecule has 0 bridgehead atoms. The molecule has 0 aromatic heterocycles. The Kier molecular flexibility index (Phi) is 6.02. The Bertz CT molecular complexity index is 446. The monoisotopic (exact) mass is 263 g/mol. The van der Waals surface area contributed by atoms with Crippen LogP contribution in [0.2, 0.25) is 0 Å². The van der Waals surface area contributed by atoms with Crippen LogP contribution in [0.5, 0.6) is 0 Å². The van der Waals surface area contributed by atoms with Gasteiger partial charge in [0.15, 0.2) is 0 Å². The summed E-state index contributed by atoms with van der Waals surface area (Å²) in [5.41, 5.74) is 2.50. The Morgan fingerprint density at radius 3 is 2.58 bits per heavy atom. The van der Waals surface area contributed by atoms with Crippen LogP contribution in [-0.2, 0) is 11.2 Å². The summed E-state index contributed by atoms with van der Waals surface area (Å²) in [5, 5.41) is 7.67. The highest BCUT2D eigenvalue weighted by Crippen LogP contribution is 2.06. The molecule has 0 aliphatic heterocycles. The van der Waals surface area contributed by atoms with E-state index < -0.39 is 12.1 Å². The van der Waals surface area contributed by atoms with E-state index in [4.69, 9.17) is 0 Å². The second-order valence-electron chi connectivity index (χ2n) is 4.42. The number of benzene rings is 1. The standard InChI is InChI=1S/C14H21N3O2/c1-10-6-4-5-7-12(10)8-9-16-11(2)13(18)17-14(19)15-3/h4-7,11,16H,8-9H2,1-3H3,(H2,15,17,18,19). The second kappa shape index (κ2) is 7.53. The highest BCUT2D eigenvalue weighted by molar-refractivity contribution is 5.96. The molecule has 0 heterocycles. The Morgan fingerprint density at radius 1 is 1.26 bits per heavy atom. The molecule has 0 saturated carbocycles. The lowest BCUT2D eigenvalue weighted by Crippen LogP contribution is -2.47. The van der Waals surface area contributed by atoms with Crippen molar-refractivity contribution in [2.75, 3.05) is 13.6 Å². The number of hydrogen-bond donors (Lipinski definition) is 3. The second-order valence-corrected chi connectivity index (χ2v) is 4.42. The number of carbonyl (C=O) groups excluding carboxylic acids is 2. The summed E-state index contributed by atoms with van der Waals surface area (Å²) in [6, 6.07) is 7.26. The van der Waals surface area contributed by atoms with E-state index in [1.807, 2.05) is 12.1 Å². The van der Waals surface area contributed by atoms with E-state index in [2.05, 4.69) is 35.0 Å². The van der Waals surface area contributed by atoms with E-state index in [1.165, 1.54) is 18.2 Å². The van der Waals surface area contributed by atoms with Crippen LogP contribution < -0.4 is 16.0 Å². The summed E-state index contributed by atoms with van der Waals surface area (Å²) >= 11 is 0. The van der Waals surface area contributed by atoms with Gasteiger partial charge >= 0.3 is 6.03 Å². The lowest BCUT2D eigenvalue weighted by Gasteiger charge is -2.13. The smallest absolute Gasteiger partial charge is 0.321 e. The van der Waals surface area contributed by atoms with Gasteiger partial charge in [-0.3, -0.25) is 10.1 Å². The van der Waals surface area contributed by atoms with Gasteiger partial charge < -0.3 is 10.6 Å². The zero-order chi connectivity index (χ0) is 14.3. The first-order chi connectivity index (χ1) is 9.04. The van der Waals surface area contributed by atoms with E-state index in [0.29, 0.717) is 6.54 Å². The molecule has 19 heavy (non-hydrogen) atoms. The van der Waals surface area contributed by atoms with E-state index in [1.54, 1.807) is 6.92 Å².